The van der Waals surface area contributed by atoms with E-state index in [0.717, 1.165) is 9.13 Å². The second-order valence-electron chi connectivity index (χ2n) is 2.24. The van der Waals surface area contributed by atoms with Crippen LogP contribution in [-0.2, 0) is 11.3 Å². The van der Waals surface area contributed by atoms with Crippen molar-refractivity contribution in [3.8, 4) is 0 Å². The Morgan fingerprint density at radius 2 is 2.23 bits per heavy atom. The summed E-state index contributed by atoms with van der Waals surface area (Å²) < 4.78 is 5.73. The maximum absolute atomic E-state index is 10.3. The Morgan fingerprint density at radius 3 is 2.77 bits per heavy atom. The van der Waals surface area contributed by atoms with Crippen LogP contribution in [0.5, 0.6) is 0 Å². The number of benzene rings is 1. The molecular formula is C8H9ClINO2. The molecule has 1 amide bonds. The minimum atomic E-state index is -0.742. The van der Waals surface area contributed by atoms with Crippen molar-refractivity contribution in [1.29, 1.82) is 0 Å². The number of rotatable bonds is 2. The van der Waals surface area contributed by atoms with E-state index in [1.165, 1.54) is 0 Å². The van der Waals surface area contributed by atoms with E-state index in [0.29, 0.717) is 0 Å². The van der Waals surface area contributed by atoms with E-state index in [1.807, 2.05) is 24.3 Å². The SMILES string of the molecule is Cl.NC(=O)OCc1cccc(I)c1. The number of carbonyl (C=O) groups excluding carboxylic acids is 1. The van der Waals surface area contributed by atoms with Crippen molar-refractivity contribution >= 4 is 41.1 Å². The first-order valence-electron chi connectivity index (χ1n) is 3.35. The Labute approximate surface area is 96.2 Å². The normalized spacial score (nSPS) is 8.69. The van der Waals surface area contributed by atoms with Crippen molar-refractivity contribution in [2.45, 2.75) is 6.61 Å². The minimum Gasteiger partial charge on any atom is -0.445 e. The number of halogens is 2. The van der Waals surface area contributed by atoms with Gasteiger partial charge in [-0.15, -0.1) is 12.4 Å². The van der Waals surface area contributed by atoms with Crippen LogP contribution in [-0.4, -0.2) is 6.09 Å². The van der Waals surface area contributed by atoms with Crippen molar-refractivity contribution in [2.24, 2.45) is 5.73 Å². The predicted molar refractivity (Wildman–Crippen MR) is 60.8 cm³/mol. The fourth-order valence-electron chi connectivity index (χ4n) is 0.781. The zero-order valence-electron chi connectivity index (χ0n) is 6.70. The minimum absolute atomic E-state index is 0. The molecule has 0 fully saturated rings. The van der Waals surface area contributed by atoms with Crippen molar-refractivity contribution in [1.82, 2.24) is 0 Å². The highest BCUT2D eigenvalue weighted by molar-refractivity contribution is 14.1. The second-order valence-corrected chi connectivity index (χ2v) is 3.48. The summed E-state index contributed by atoms with van der Waals surface area (Å²) in [4.78, 5) is 10.3. The highest BCUT2D eigenvalue weighted by Gasteiger charge is 1.96. The van der Waals surface area contributed by atoms with Crippen molar-refractivity contribution < 1.29 is 9.53 Å². The van der Waals surface area contributed by atoms with Gasteiger partial charge in [-0.3, -0.25) is 0 Å². The van der Waals surface area contributed by atoms with Gasteiger partial charge in [0.05, 0.1) is 0 Å². The molecule has 0 atom stereocenters. The van der Waals surface area contributed by atoms with Crippen LogP contribution in [0.4, 0.5) is 4.79 Å². The van der Waals surface area contributed by atoms with Gasteiger partial charge in [0, 0.05) is 3.57 Å². The lowest BCUT2D eigenvalue weighted by atomic mass is 10.2. The number of amides is 1. The van der Waals surface area contributed by atoms with Gasteiger partial charge in [0.1, 0.15) is 6.61 Å². The molecule has 0 saturated carbocycles. The maximum atomic E-state index is 10.3. The second kappa shape index (κ2) is 6.04. The maximum Gasteiger partial charge on any atom is 0.404 e. The van der Waals surface area contributed by atoms with Crippen molar-refractivity contribution in [3.05, 3.63) is 33.4 Å². The van der Waals surface area contributed by atoms with E-state index in [9.17, 15) is 4.79 Å². The summed E-state index contributed by atoms with van der Waals surface area (Å²) in [5.41, 5.74) is 5.76. The lowest BCUT2D eigenvalue weighted by Crippen LogP contribution is -2.12. The molecule has 1 rings (SSSR count). The number of hydrogen-bond acceptors (Lipinski definition) is 2. The van der Waals surface area contributed by atoms with Gasteiger partial charge in [0.2, 0.25) is 0 Å². The van der Waals surface area contributed by atoms with E-state index in [1.54, 1.807) is 0 Å². The van der Waals surface area contributed by atoms with Crippen LogP contribution < -0.4 is 5.73 Å². The average molecular weight is 314 g/mol. The summed E-state index contributed by atoms with van der Waals surface area (Å²) in [7, 11) is 0. The largest absolute Gasteiger partial charge is 0.445 e. The van der Waals surface area contributed by atoms with E-state index in [4.69, 9.17) is 5.73 Å². The predicted octanol–water partition coefficient (Wildman–Crippen LogP) is 2.31. The molecule has 13 heavy (non-hydrogen) atoms. The highest BCUT2D eigenvalue weighted by atomic mass is 127. The quantitative estimate of drug-likeness (QED) is 0.852. The molecule has 2 N–H and O–H groups in total. The Balaban J connectivity index is 0.00000144. The zero-order chi connectivity index (χ0) is 8.97. The van der Waals surface area contributed by atoms with E-state index in [-0.39, 0.29) is 19.0 Å². The third kappa shape index (κ3) is 4.94. The van der Waals surface area contributed by atoms with Gasteiger partial charge in [0.15, 0.2) is 0 Å². The Bertz CT molecular complexity index is 293. The van der Waals surface area contributed by atoms with Gasteiger partial charge in [-0.2, -0.15) is 0 Å². The molecule has 0 saturated heterocycles. The summed E-state index contributed by atoms with van der Waals surface area (Å²) in [6, 6.07) is 7.68. The molecular weight excluding hydrogens is 304 g/mol. The summed E-state index contributed by atoms with van der Waals surface area (Å²) >= 11 is 2.19. The Kier molecular flexibility index (Phi) is 5.81. The molecule has 1 aromatic rings. The fourth-order valence-corrected chi connectivity index (χ4v) is 1.39. The number of hydrogen-bond donors (Lipinski definition) is 1. The van der Waals surface area contributed by atoms with Gasteiger partial charge < -0.3 is 10.5 Å². The fraction of sp³-hybridized carbons (Fsp3) is 0.125. The molecule has 5 heteroatoms. The van der Waals surface area contributed by atoms with Crippen LogP contribution in [0.15, 0.2) is 24.3 Å². The molecule has 1 aromatic carbocycles. The third-order valence-corrected chi connectivity index (χ3v) is 1.94. The van der Waals surface area contributed by atoms with Gasteiger partial charge in [-0.25, -0.2) is 4.79 Å². The van der Waals surface area contributed by atoms with E-state index < -0.39 is 6.09 Å². The van der Waals surface area contributed by atoms with Gasteiger partial charge in [-0.1, -0.05) is 12.1 Å². The van der Waals surface area contributed by atoms with Crippen LogP contribution >= 0.6 is 35.0 Å². The standard InChI is InChI=1S/C8H8INO2.ClH/c9-7-3-1-2-6(4-7)5-12-8(10)11;/h1-4H,5H2,(H2,10,11);1H. The van der Waals surface area contributed by atoms with E-state index in [2.05, 4.69) is 27.3 Å². The van der Waals surface area contributed by atoms with Crippen LogP contribution in [0.25, 0.3) is 0 Å². The monoisotopic (exact) mass is 313 g/mol. The Hall–Kier alpha value is -0.490. The number of primary amides is 1. The van der Waals surface area contributed by atoms with Crippen molar-refractivity contribution in [3.63, 3.8) is 0 Å². The summed E-state index contributed by atoms with van der Waals surface area (Å²) in [5, 5.41) is 0. The molecule has 0 aliphatic heterocycles. The van der Waals surface area contributed by atoms with Crippen LogP contribution in [0.1, 0.15) is 5.56 Å². The molecule has 0 bridgehead atoms. The van der Waals surface area contributed by atoms with Crippen LogP contribution in [0.3, 0.4) is 0 Å². The topological polar surface area (TPSA) is 52.3 Å². The number of carbonyl (C=O) groups is 1. The smallest absolute Gasteiger partial charge is 0.404 e. The van der Waals surface area contributed by atoms with E-state index >= 15 is 0 Å². The summed E-state index contributed by atoms with van der Waals surface area (Å²) in [6.07, 6.45) is -0.742. The van der Waals surface area contributed by atoms with Gasteiger partial charge in [-0.05, 0) is 40.3 Å². The lowest BCUT2D eigenvalue weighted by molar-refractivity contribution is 0.150. The molecule has 3 nitrogen and oxygen atoms in total. The summed E-state index contributed by atoms with van der Waals surface area (Å²) in [5.74, 6) is 0. The molecule has 0 spiro atoms. The van der Waals surface area contributed by atoms with Crippen LogP contribution in [0.2, 0.25) is 0 Å². The lowest BCUT2D eigenvalue weighted by Gasteiger charge is -2.01. The number of nitrogens with two attached hydrogens (primary N) is 1. The molecule has 0 radical (unpaired) electrons. The molecule has 0 aliphatic carbocycles. The average Bonchev–Trinajstić information content (AvgIpc) is 2.01. The Morgan fingerprint density at radius 1 is 1.54 bits per heavy atom. The molecule has 0 aromatic heterocycles. The van der Waals surface area contributed by atoms with Crippen LogP contribution in [0, 0.1) is 3.57 Å². The molecule has 0 unspecified atom stereocenters. The molecule has 0 aliphatic rings. The molecule has 72 valence electrons. The third-order valence-electron chi connectivity index (χ3n) is 1.27. The highest BCUT2D eigenvalue weighted by Crippen LogP contribution is 2.08. The first-order valence-corrected chi connectivity index (χ1v) is 4.43. The summed E-state index contributed by atoms with van der Waals surface area (Å²) in [6.45, 7) is 0.242. The van der Waals surface area contributed by atoms with Gasteiger partial charge >= 0.3 is 6.09 Å². The first-order chi connectivity index (χ1) is 5.68. The first kappa shape index (κ1) is 12.5. The van der Waals surface area contributed by atoms with Crippen molar-refractivity contribution in [2.75, 3.05) is 0 Å². The van der Waals surface area contributed by atoms with Gasteiger partial charge in [0.25, 0.3) is 0 Å². The number of ether oxygens (including phenoxy) is 1. The zero-order valence-corrected chi connectivity index (χ0v) is 9.67. The molecule has 0 heterocycles.